The van der Waals surface area contributed by atoms with Crippen molar-refractivity contribution in [1.29, 1.82) is 0 Å². The lowest BCUT2D eigenvalue weighted by Gasteiger charge is -2.34. The molecule has 1 heterocycles. The van der Waals surface area contributed by atoms with Gasteiger partial charge in [0.15, 0.2) is 0 Å². The van der Waals surface area contributed by atoms with Crippen LogP contribution in [-0.2, 0) is 36.8 Å². The average molecular weight is 608 g/mol. The van der Waals surface area contributed by atoms with Crippen molar-refractivity contribution in [3.63, 3.8) is 0 Å². The Morgan fingerprint density at radius 1 is 0.909 bits per heavy atom. The average Bonchev–Trinajstić information content (AvgIpc) is 2.97. The van der Waals surface area contributed by atoms with Crippen LogP contribution in [0.3, 0.4) is 0 Å². The van der Waals surface area contributed by atoms with Gasteiger partial charge in [-0.05, 0) is 42.0 Å². The Morgan fingerprint density at radius 3 is 2.18 bits per heavy atom. The third-order valence-electron chi connectivity index (χ3n) is 7.21. The van der Waals surface area contributed by atoms with Crippen LogP contribution in [0, 0.1) is 5.92 Å². The summed E-state index contributed by atoms with van der Waals surface area (Å²) in [6, 6.07) is 12.3. The molecule has 0 aliphatic carbocycles. The van der Waals surface area contributed by atoms with Gasteiger partial charge in [0.1, 0.15) is 24.4 Å². The van der Waals surface area contributed by atoms with E-state index in [9.17, 15) is 34.2 Å². The number of nitrogens with two attached hydrogens (primary N) is 1. The maximum absolute atomic E-state index is 13.6. The molecule has 2 aromatic rings. The lowest BCUT2D eigenvalue weighted by atomic mass is 10.0. The third kappa shape index (κ3) is 10.2. The molecule has 0 aromatic heterocycles. The fourth-order valence-electron chi connectivity index (χ4n) is 4.83. The van der Waals surface area contributed by atoms with Gasteiger partial charge in [-0.3, -0.25) is 19.2 Å². The van der Waals surface area contributed by atoms with Crippen molar-refractivity contribution in [2.24, 2.45) is 11.7 Å². The number of hydrogen-bond acceptors (Lipinski definition) is 7. The Hall–Kier alpha value is -4.71. The summed E-state index contributed by atoms with van der Waals surface area (Å²) in [7, 11) is 0. The molecule has 236 valence electrons. The lowest BCUT2D eigenvalue weighted by molar-refractivity contribution is -0.146. The fraction of sp³-hybridized carbons (Fsp3) is 0.406. The van der Waals surface area contributed by atoms with Crippen LogP contribution in [-0.4, -0.2) is 93.9 Å². The molecule has 0 radical (unpaired) electrons. The largest absolute Gasteiger partial charge is 0.508 e. The predicted octanol–water partition coefficient (Wildman–Crippen LogP) is 0.832. The zero-order valence-corrected chi connectivity index (χ0v) is 25.0. The first-order valence-corrected chi connectivity index (χ1v) is 14.5. The highest BCUT2D eigenvalue weighted by molar-refractivity contribution is 5.93. The first-order chi connectivity index (χ1) is 20.9. The van der Waals surface area contributed by atoms with E-state index in [0.29, 0.717) is 0 Å². The molecule has 3 rings (SSSR count). The van der Waals surface area contributed by atoms with Gasteiger partial charge in [0, 0.05) is 19.5 Å². The van der Waals surface area contributed by atoms with Crippen molar-refractivity contribution < 1.29 is 34.2 Å². The van der Waals surface area contributed by atoms with Gasteiger partial charge in [-0.1, -0.05) is 68.5 Å². The van der Waals surface area contributed by atoms with Crippen molar-refractivity contribution in [1.82, 2.24) is 20.4 Å². The van der Waals surface area contributed by atoms with Crippen LogP contribution in [0.5, 0.6) is 5.75 Å². The third-order valence-corrected chi connectivity index (χ3v) is 7.21. The minimum atomic E-state index is -1.16. The second-order valence-electron chi connectivity index (χ2n) is 11.2. The van der Waals surface area contributed by atoms with E-state index in [1.54, 1.807) is 24.3 Å². The number of phenols is 1. The van der Waals surface area contributed by atoms with Gasteiger partial charge < -0.3 is 36.4 Å². The highest BCUT2D eigenvalue weighted by Gasteiger charge is 2.34. The second kappa shape index (κ2) is 16.2. The number of rotatable bonds is 13. The summed E-state index contributed by atoms with van der Waals surface area (Å²) < 4.78 is 0. The highest BCUT2D eigenvalue weighted by atomic mass is 16.4. The summed E-state index contributed by atoms with van der Waals surface area (Å²) in [6.45, 7) is 3.20. The summed E-state index contributed by atoms with van der Waals surface area (Å²) in [5.74, 6) is -3.21. The van der Waals surface area contributed by atoms with Crippen LogP contribution in [0.1, 0.15) is 31.4 Å². The number of benzene rings is 2. The maximum atomic E-state index is 13.6. The molecule has 0 unspecified atom stereocenters. The maximum Gasteiger partial charge on any atom is 0.326 e. The van der Waals surface area contributed by atoms with E-state index in [1.165, 1.54) is 21.9 Å². The number of carbonyl (C=O) groups is 5. The second-order valence-corrected chi connectivity index (χ2v) is 11.2. The number of carbonyl (C=O) groups excluding carboxylic acids is 4. The van der Waals surface area contributed by atoms with Crippen LogP contribution >= 0.6 is 0 Å². The van der Waals surface area contributed by atoms with Crippen molar-refractivity contribution in [2.75, 3.05) is 26.2 Å². The lowest BCUT2D eigenvalue weighted by Crippen LogP contribution is -2.57. The topological polar surface area (TPSA) is 182 Å². The Labute approximate surface area is 256 Å². The standard InChI is InChI=1S/C32H41N5O7/c1-21(2)16-26(32(43)44)35-31(42)27(18-22-8-4-3-5-9-22)37-15-7-6-14-36(20-29(37)40)28(39)19-34-30(41)25(33)17-23-10-12-24(38)13-11-23/h3-13,21,25-27,38H,14-20,33H2,1-2H3,(H,34,41)(H,35,42)(H,43,44)/b7-6-/t25-,26-,27-/m0/s1. The van der Waals surface area contributed by atoms with Crippen LogP contribution in [0.15, 0.2) is 66.7 Å². The minimum Gasteiger partial charge on any atom is -0.508 e. The molecular formula is C32H41N5O7. The molecule has 0 bridgehead atoms. The van der Waals surface area contributed by atoms with E-state index in [0.717, 1.165) is 11.1 Å². The van der Waals surface area contributed by atoms with Gasteiger partial charge in [-0.25, -0.2) is 4.79 Å². The molecule has 0 saturated heterocycles. The van der Waals surface area contributed by atoms with Crippen molar-refractivity contribution in [2.45, 2.75) is 51.2 Å². The zero-order valence-electron chi connectivity index (χ0n) is 25.0. The highest BCUT2D eigenvalue weighted by Crippen LogP contribution is 2.15. The molecule has 1 aliphatic rings. The van der Waals surface area contributed by atoms with E-state index >= 15 is 0 Å². The van der Waals surface area contributed by atoms with Crippen LogP contribution in [0.25, 0.3) is 0 Å². The van der Waals surface area contributed by atoms with Gasteiger partial charge in [-0.2, -0.15) is 0 Å². The van der Waals surface area contributed by atoms with Gasteiger partial charge in [-0.15, -0.1) is 0 Å². The van der Waals surface area contributed by atoms with Crippen molar-refractivity contribution in [3.05, 3.63) is 77.9 Å². The number of amides is 4. The number of carboxylic acids is 1. The van der Waals surface area contributed by atoms with Crippen LogP contribution in [0.2, 0.25) is 0 Å². The molecule has 44 heavy (non-hydrogen) atoms. The van der Waals surface area contributed by atoms with Crippen LogP contribution in [0.4, 0.5) is 0 Å². The van der Waals surface area contributed by atoms with Crippen molar-refractivity contribution >= 4 is 29.6 Å². The summed E-state index contributed by atoms with van der Waals surface area (Å²) in [4.78, 5) is 67.2. The van der Waals surface area contributed by atoms with Gasteiger partial charge >= 0.3 is 5.97 Å². The Bertz CT molecular complexity index is 1330. The molecule has 12 heteroatoms. The number of phenolic OH excluding ortho intramolecular Hbond substituents is 1. The fourth-order valence-corrected chi connectivity index (χ4v) is 4.83. The quantitative estimate of drug-likeness (QED) is 0.208. The van der Waals surface area contributed by atoms with Gasteiger partial charge in [0.25, 0.3) is 0 Å². The number of aromatic hydroxyl groups is 1. The van der Waals surface area contributed by atoms with Gasteiger partial charge in [0.05, 0.1) is 12.6 Å². The van der Waals surface area contributed by atoms with E-state index < -0.39 is 47.7 Å². The zero-order chi connectivity index (χ0) is 32.2. The normalized spacial score (nSPS) is 16.3. The minimum absolute atomic E-state index is 0.0117. The smallest absolute Gasteiger partial charge is 0.326 e. The molecule has 6 N–H and O–H groups in total. The molecule has 0 fully saturated rings. The summed E-state index contributed by atoms with van der Waals surface area (Å²) in [6.07, 6.45) is 3.94. The molecule has 12 nitrogen and oxygen atoms in total. The Balaban J connectivity index is 1.69. The number of nitrogens with one attached hydrogen (secondary N) is 2. The summed E-state index contributed by atoms with van der Waals surface area (Å²) in [5, 5.41) is 24.2. The van der Waals surface area contributed by atoms with E-state index in [4.69, 9.17) is 5.73 Å². The van der Waals surface area contributed by atoms with E-state index in [1.807, 2.05) is 44.2 Å². The molecule has 1 aliphatic heterocycles. The molecule has 0 saturated carbocycles. The first kappa shape index (κ1) is 33.8. The molecule has 4 amide bonds. The van der Waals surface area contributed by atoms with Crippen LogP contribution < -0.4 is 16.4 Å². The number of carboxylic acid groups (broad SMARTS) is 1. The van der Waals surface area contributed by atoms with Crippen molar-refractivity contribution in [3.8, 4) is 5.75 Å². The predicted molar refractivity (Wildman–Crippen MR) is 163 cm³/mol. The monoisotopic (exact) mass is 607 g/mol. The number of hydrogen-bond donors (Lipinski definition) is 5. The number of aliphatic carboxylic acids is 1. The van der Waals surface area contributed by atoms with E-state index in [-0.39, 0.29) is 57.1 Å². The summed E-state index contributed by atoms with van der Waals surface area (Å²) >= 11 is 0. The van der Waals surface area contributed by atoms with Gasteiger partial charge in [0.2, 0.25) is 23.6 Å². The molecular weight excluding hydrogens is 566 g/mol. The Kier molecular flexibility index (Phi) is 12.5. The molecule has 3 atom stereocenters. The number of nitrogens with zero attached hydrogens (tertiary/aromatic N) is 2. The first-order valence-electron chi connectivity index (χ1n) is 14.5. The summed E-state index contributed by atoms with van der Waals surface area (Å²) in [5.41, 5.74) is 7.52. The Morgan fingerprint density at radius 2 is 1.55 bits per heavy atom. The SMILES string of the molecule is CC(C)C[C@H](NC(=O)[C@H](Cc1ccccc1)N1C/C=C\CN(C(=O)CNC(=O)[C@@H](N)Cc2ccc(O)cc2)CC1=O)C(=O)O. The molecule has 0 spiro atoms. The van der Waals surface area contributed by atoms with E-state index in [2.05, 4.69) is 10.6 Å². The molecule has 2 aromatic carbocycles.